The highest BCUT2D eigenvalue weighted by atomic mass is 15.0. The summed E-state index contributed by atoms with van der Waals surface area (Å²) in [6.45, 7) is 1.02. The number of aromatic nitrogens is 2. The minimum atomic E-state index is 0.849. The van der Waals surface area contributed by atoms with Gasteiger partial charge in [0.25, 0.3) is 0 Å². The zero-order valence-electron chi connectivity index (χ0n) is 10.9. The van der Waals surface area contributed by atoms with Crippen LogP contribution in [0.25, 0.3) is 10.9 Å². The lowest BCUT2D eigenvalue weighted by Crippen LogP contribution is -1.96. The SMILES string of the molecule is c1ccc2c(Nc3ccc4c(c3)CCN4)ncnc2c1. The van der Waals surface area contributed by atoms with Crippen LogP contribution in [0.3, 0.4) is 0 Å². The van der Waals surface area contributed by atoms with Crippen LogP contribution in [0.15, 0.2) is 48.8 Å². The molecule has 0 unspecified atom stereocenters. The van der Waals surface area contributed by atoms with Gasteiger partial charge in [-0.2, -0.15) is 0 Å². The second-order valence-electron chi connectivity index (χ2n) is 4.91. The van der Waals surface area contributed by atoms with E-state index in [1.54, 1.807) is 6.33 Å². The molecule has 20 heavy (non-hydrogen) atoms. The normalized spacial score (nSPS) is 13.0. The van der Waals surface area contributed by atoms with E-state index in [9.17, 15) is 0 Å². The van der Waals surface area contributed by atoms with Crippen molar-refractivity contribution in [2.45, 2.75) is 6.42 Å². The van der Waals surface area contributed by atoms with E-state index in [1.165, 1.54) is 11.3 Å². The second-order valence-corrected chi connectivity index (χ2v) is 4.91. The number of para-hydroxylation sites is 1. The van der Waals surface area contributed by atoms with Crippen molar-refractivity contribution in [2.24, 2.45) is 0 Å². The Morgan fingerprint density at radius 2 is 2.00 bits per heavy atom. The molecule has 0 fully saturated rings. The molecular formula is C16H14N4. The summed E-state index contributed by atoms with van der Waals surface area (Å²) in [5, 5.41) is 7.80. The molecule has 4 heteroatoms. The van der Waals surface area contributed by atoms with Gasteiger partial charge in [-0.05, 0) is 42.3 Å². The van der Waals surface area contributed by atoms with Gasteiger partial charge in [0.1, 0.15) is 12.1 Å². The van der Waals surface area contributed by atoms with Crippen LogP contribution in [-0.2, 0) is 6.42 Å². The average molecular weight is 262 g/mol. The molecule has 0 atom stereocenters. The van der Waals surface area contributed by atoms with Crippen LogP contribution in [0.1, 0.15) is 5.56 Å². The number of hydrogen-bond acceptors (Lipinski definition) is 4. The average Bonchev–Trinajstić information content (AvgIpc) is 2.95. The van der Waals surface area contributed by atoms with Crippen molar-refractivity contribution in [1.82, 2.24) is 9.97 Å². The minimum Gasteiger partial charge on any atom is -0.384 e. The molecule has 0 radical (unpaired) electrons. The first-order chi connectivity index (χ1) is 9.90. The first kappa shape index (κ1) is 11.2. The Morgan fingerprint density at radius 3 is 3.00 bits per heavy atom. The van der Waals surface area contributed by atoms with E-state index in [4.69, 9.17) is 0 Å². The molecule has 2 aromatic carbocycles. The topological polar surface area (TPSA) is 49.8 Å². The maximum Gasteiger partial charge on any atom is 0.141 e. The van der Waals surface area contributed by atoms with Crippen LogP contribution in [0.5, 0.6) is 0 Å². The molecule has 0 saturated carbocycles. The Balaban J connectivity index is 1.74. The fourth-order valence-electron chi connectivity index (χ4n) is 2.62. The lowest BCUT2D eigenvalue weighted by atomic mass is 10.1. The predicted molar refractivity (Wildman–Crippen MR) is 81.5 cm³/mol. The quantitative estimate of drug-likeness (QED) is 0.743. The van der Waals surface area contributed by atoms with E-state index in [-0.39, 0.29) is 0 Å². The number of nitrogens with zero attached hydrogens (tertiary/aromatic N) is 2. The smallest absolute Gasteiger partial charge is 0.141 e. The molecule has 2 N–H and O–H groups in total. The maximum atomic E-state index is 4.36. The van der Waals surface area contributed by atoms with Gasteiger partial charge in [0, 0.05) is 23.3 Å². The van der Waals surface area contributed by atoms with Crippen LogP contribution in [0, 0.1) is 0 Å². The Kier molecular flexibility index (Phi) is 2.52. The summed E-state index contributed by atoms with van der Waals surface area (Å²) < 4.78 is 0. The highest BCUT2D eigenvalue weighted by Gasteiger charge is 2.10. The molecule has 98 valence electrons. The van der Waals surface area contributed by atoms with Gasteiger partial charge in [-0.15, -0.1) is 0 Å². The first-order valence-electron chi connectivity index (χ1n) is 6.74. The summed E-state index contributed by atoms with van der Waals surface area (Å²) in [7, 11) is 0. The lowest BCUT2D eigenvalue weighted by Gasteiger charge is -2.09. The maximum absolute atomic E-state index is 4.36. The monoisotopic (exact) mass is 262 g/mol. The summed E-state index contributed by atoms with van der Waals surface area (Å²) in [6, 6.07) is 14.4. The van der Waals surface area contributed by atoms with Gasteiger partial charge in [-0.1, -0.05) is 12.1 Å². The summed E-state index contributed by atoms with van der Waals surface area (Å²) in [5.41, 5.74) is 4.61. The third-order valence-corrected chi connectivity index (χ3v) is 3.62. The molecule has 2 heterocycles. The number of hydrogen-bond donors (Lipinski definition) is 2. The molecule has 3 aromatic rings. The van der Waals surface area contributed by atoms with E-state index >= 15 is 0 Å². The van der Waals surface area contributed by atoms with Gasteiger partial charge in [-0.25, -0.2) is 9.97 Å². The molecule has 0 aliphatic carbocycles. The minimum absolute atomic E-state index is 0.849. The largest absolute Gasteiger partial charge is 0.384 e. The number of nitrogens with one attached hydrogen (secondary N) is 2. The van der Waals surface area contributed by atoms with E-state index in [0.29, 0.717) is 0 Å². The molecule has 0 saturated heterocycles. The molecule has 1 aromatic heterocycles. The van der Waals surface area contributed by atoms with E-state index in [2.05, 4.69) is 38.8 Å². The molecule has 0 bridgehead atoms. The van der Waals surface area contributed by atoms with Crippen molar-refractivity contribution in [3.05, 3.63) is 54.4 Å². The third-order valence-electron chi connectivity index (χ3n) is 3.62. The van der Waals surface area contributed by atoms with Gasteiger partial charge >= 0.3 is 0 Å². The zero-order chi connectivity index (χ0) is 13.4. The van der Waals surface area contributed by atoms with Gasteiger partial charge in [0.2, 0.25) is 0 Å². The van der Waals surface area contributed by atoms with Gasteiger partial charge in [0.15, 0.2) is 0 Å². The van der Waals surface area contributed by atoms with Crippen molar-refractivity contribution < 1.29 is 0 Å². The summed E-state index contributed by atoms with van der Waals surface area (Å²) >= 11 is 0. The summed E-state index contributed by atoms with van der Waals surface area (Å²) in [4.78, 5) is 8.64. The Hall–Kier alpha value is -2.62. The van der Waals surface area contributed by atoms with Crippen LogP contribution in [-0.4, -0.2) is 16.5 Å². The van der Waals surface area contributed by atoms with Crippen molar-refractivity contribution in [2.75, 3.05) is 17.2 Å². The standard InChI is InChI=1S/C16H14N4/c1-2-4-15-13(3-1)16(19-10-18-15)20-12-5-6-14-11(9-12)7-8-17-14/h1-6,9-10,17H,7-8H2,(H,18,19,20). The van der Waals surface area contributed by atoms with Crippen molar-refractivity contribution in [3.63, 3.8) is 0 Å². The van der Waals surface area contributed by atoms with Gasteiger partial charge in [-0.3, -0.25) is 0 Å². The first-order valence-corrected chi connectivity index (χ1v) is 6.74. The molecule has 0 amide bonds. The van der Waals surface area contributed by atoms with Crippen molar-refractivity contribution >= 4 is 28.1 Å². The van der Waals surface area contributed by atoms with E-state index in [0.717, 1.165) is 35.4 Å². The fraction of sp³-hybridized carbons (Fsp3) is 0.125. The van der Waals surface area contributed by atoms with E-state index in [1.807, 2.05) is 24.3 Å². The molecule has 4 rings (SSSR count). The van der Waals surface area contributed by atoms with Crippen molar-refractivity contribution in [1.29, 1.82) is 0 Å². The van der Waals surface area contributed by atoms with Crippen molar-refractivity contribution in [3.8, 4) is 0 Å². The second kappa shape index (κ2) is 4.49. The summed E-state index contributed by atoms with van der Waals surface area (Å²) in [5.74, 6) is 0.849. The van der Waals surface area contributed by atoms with Crippen LogP contribution in [0.2, 0.25) is 0 Å². The molecule has 1 aliphatic heterocycles. The number of rotatable bonds is 2. The molecular weight excluding hydrogens is 248 g/mol. The van der Waals surface area contributed by atoms with Crippen LogP contribution < -0.4 is 10.6 Å². The molecule has 1 aliphatic rings. The number of fused-ring (bicyclic) bond motifs is 2. The Bertz CT molecular complexity index is 777. The lowest BCUT2D eigenvalue weighted by molar-refractivity contribution is 1.11. The molecule has 0 spiro atoms. The Morgan fingerprint density at radius 1 is 1.05 bits per heavy atom. The predicted octanol–water partition coefficient (Wildman–Crippen LogP) is 3.34. The third kappa shape index (κ3) is 1.86. The highest BCUT2D eigenvalue weighted by molar-refractivity contribution is 5.90. The molecule has 4 nitrogen and oxygen atoms in total. The van der Waals surface area contributed by atoms with Gasteiger partial charge < -0.3 is 10.6 Å². The number of anilines is 3. The van der Waals surface area contributed by atoms with E-state index < -0.39 is 0 Å². The van der Waals surface area contributed by atoms with Gasteiger partial charge in [0.05, 0.1) is 5.52 Å². The zero-order valence-corrected chi connectivity index (χ0v) is 10.9. The van der Waals surface area contributed by atoms with Crippen LogP contribution >= 0.6 is 0 Å². The Labute approximate surface area is 116 Å². The summed E-state index contributed by atoms with van der Waals surface area (Å²) in [6.07, 6.45) is 2.68. The highest BCUT2D eigenvalue weighted by Crippen LogP contribution is 2.28. The number of benzene rings is 2. The fourth-order valence-corrected chi connectivity index (χ4v) is 2.62. The van der Waals surface area contributed by atoms with Crippen LogP contribution in [0.4, 0.5) is 17.2 Å².